The third-order valence-corrected chi connectivity index (χ3v) is 5.95. The third-order valence-electron chi connectivity index (χ3n) is 3.71. The van der Waals surface area contributed by atoms with E-state index in [9.17, 15) is 4.79 Å². The van der Waals surface area contributed by atoms with Gasteiger partial charge >= 0.3 is 0 Å². The molecule has 1 saturated heterocycles. The van der Waals surface area contributed by atoms with E-state index in [-0.39, 0.29) is 36.8 Å². The van der Waals surface area contributed by atoms with Crippen molar-refractivity contribution in [3.05, 3.63) is 27.5 Å². The summed E-state index contributed by atoms with van der Waals surface area (Å²) in [4.78, 5) is 20.3. The molecule has 2 aromatic heterocycles. The molecule has 4 nitrogen and oxygen atoms in total. The fraction of sp³-hybridized carbons (Fsp3) is 0.467. The number of hydrogen-bond donors (Lipinski definition) is 1. The fourth-order valence-corrected chi connectivity index (χ4v) is 4.57. The second-order valence-corrected chi connectivity index (χ2v) is 7.86. The molecular weight excluding hydrogens is 409 g/mol. The number of amides is 1. The van der Waals surface area contributed by atoms with Crippen LogP contribution in [-0.4, -0.2) is 41.5 Å². The molecule has 24 heavy (non-hydrogen) atoms. The van der Waals surface area contributed by atoms with Gasteiger partial charge in [0.2, 0.25) is 0 Å². The Labute approximate surface area is 167 Å². The molecule has 1 aliphatic heterocycles. The highest BCUT2D eigenvalue weighted by Gasteiger charge is 2.28. The molecule has 0 aliphatic carbocycles. The van der Waals surface area contributed by atoms with E-state index in [2.05, 4.69) is 17.2 Å². The fourth-order valence-electron chi connectivity index (χ4n) is 2.66. The molecule has 134 valence electrons. The lowest BCUT2D eigenvalue weighted by molar-refractivity contribution is 0.0687. The zero-order valence-electron chi connectivity index (χ0n) is 13.2. The van der Waals surface area contributed by atoms with Crippen LogP contribution in [0.4, 0.5) is 0 Å². The van der Waals surface area contributed by atoms with Crippen molar-refractivity contribution < 1.29 is 4.79 Å². The summed E-state index contributed by atoms with van der Waals surface area (Å²) < 4.78 is 0.739. The highest BCUT2D eigenvalue weighted by Crippen LogP contribution is 2.33. The van der Waals surface area contributed by atoms with Gasteiger partial charge in [-0.2, -0.15) is 0 Å². The van der Waals surface area contributed by atoms with Gasteiger partial charge in [-0.15, -0.1) is 47.5 Å². The molecule has 1 atom stereocenters. The zero-order valence-corrected chi connectivity index (χ0v) is 17.2. The van der Waals surface area contributed by atoms with Crippen molar-refractivity contribution in [3.8, 4) is 9.88 Å². The molecule has 0 radical (unpaired) electrons. The molecule has 0 bridgehead atoms. The molecule has 1 fully saturated rings. The lowest BCUT2D eigenvalue weighted by atomic mass is 10.2. The van der Waals surface area contributed by atoms with Crippen LogP contribution in [0.3, 0.4) is 0 Å². The van der Waals surface area contributed by atoms with Gasteiger partial charge in [-0.1, -0.05) is 18.5 Å². The van der Waals surface area contributed by atoms with Crippen molar-refractivity contribution in [2.24, 2.45) is 0 Å². The summed E-state index contributed by atoms with van der Waals surface area (Å²) in [7, 11) is 0. The Morgan fingerprint density at radius 2 is 2.25 bits per heavy atom. The van der Waals surface area contributed by atoms with Gasteiger partial charge in [0.15, 0.2) is 0 Å². The first-order valence-electron chi connectivity index (χ1n) is 7.42. The van der Waals surface area contributed by atoms with Gasteiger partial charge in [0.05, 0.1) is 9.21 Å². The summed E-state index contributed by atoms with van der Waals surface area (Å²) in [5, 5.41) is 6.05. The topological polar surface area (TPSA) is 45.2 Å². The minimum Gasteiger partial charge on any atom is -0.333 e. The number of thiazole rings is 1. The van der Waals surface area contributed by atoms with Crippen molar-refractivity contribution in [1.82, 2.24) is 15.2 Å². The van der Waals surface area contributed by atoms with Gasteiger partial charge in [-0.3, -0.25) is 4.79 Å². The van der Waals surface area contributed by atoms with Gasteiger partial charge in [0.1, 0.15) is 10.7 Å². The third kappa shape index (κ3) is 4.84. The maximum absolute atomic E-state index is 12.8. The molecule has 0 spiro atoms. The predicted molar refractivity (Wildman–Crippen MR) is 108 cm³/mol. The van der Waals surface area contributed by atoms with Gasteiger partial charge in [0.25, 0.3) is 5.91 Å². The summed E-state index contributed by atoms with van der Waals surface area (Å²) in [5.74, 6) is 0.0423. The number of aromatic nitrogens is 1. The molecule has 9 heteroatoms. The normalized spacial score (nSPS) is 16.3. The summed E-state index contributed by atoms with van der Waals surface area (Å²) >= 11 is 8.96. The number of nitrogens with one attached hydrogen (secondary N) is 1. The molecule has 3 heterocycles. The molecule has 1 amide bonds. The van der Waals surface area contributed by atoms with Gasteiger partial charge in [-0.25, -0.2) is 4.98 Å². The molecule has 2 aromatic rings. The average Bonchev–Trinajstić information content (AvgIpc) is 3.24. The summed E-state index contributed by atoms with van der Waals surface area (Å²) in [6.07, 6.45) is 1.98. The monoisotopic (exact) mass is 427 g/mol. The smallest absolute Gasteiger partial charge is 0.273 e. The first-order chi connectivity index (χ1) is 10.7. The molecule has 0 saturated carbocycles. The molecule has 1 unspecified atom stereocenters. The Hall–Kier alpha value is -0.370. The van der Waals surface area contributed by atoms with Gasteiger partial charge < -0.3 is 10.2 Å². The number of carbonyl (C=O) groups is 1. The van der Waals surface area contributed by atoms with Crippen LogP contribution in [0.25, 0.3) is 9.88 Å². The number of thiophene rings is 1. The van der Waals surface area contributed by atoms with Crippen LogP contribution in [-0.2, 0) is 0 Å². The predicted octanol–water partition coefficient (Wildman–Crippen LogP) is 4.58. The van der Waals surface area contributed by atoms with Gasteiger partial charge in [0, 0.05) is 24.5 Å². The number of carbonyl (C=O) groups excluding carboxylic acids is 1. The van der Waals surface area contributed by atoms with Crippen molar-refractivity contribution in [2.75, 3.05) is 19.6 Å². The lowest BCUT2D eigenvalue weighted by Crippen LogP contribution is -2.42. The zero-order chi connectivity index (χ0) is 15.5. The van der Waals surface area contributed by atoms with Crippen molar-refractivity contribution >= 4 is 65.0 Å². The largest absolute Gasteiger partial charge is 0.333 e. The van der Waals surface area contributed by atoms with E-state index in [1.165, 1.54) is 22.7 Å². The Balaban J connectivity index is 0.00000144. The number of halogens is 3. The standard InChI is InChI=1S/C15H18ClN3OS2.2ClH/c1-2-7-19(10-5-6-17-8-10)15(20)11-9-21-14(18-11)12-3-4-13(16)22-12;;/h3-4,9-10,17H,2,5-8H2,1H3;2*1H. The van der Waals surface area contributed by atoms with Crippen molar-refractivity contribution in [3.63, 3.8) is 0 Å². The first kappa shape index (κ1) is 21.7. The maximum atomic E-state index is 12.8. The molecule has 0 aromatic carbocycles. The second-order valence-electron chi connectivity index (χ2n) is 5.29. The average molecular weight is 429 g/mol. The first-order valence-corrected chi connectivity index (χ1v) is 9.49. The molecule has 1 aliphatic rings. The van der Waals surface area contributed by atoms with Crippen molar-refractivity contribution in [2.45, 2.75) is 25.8 Å². The number of hydrogen-bond acceptors (Lipinski definition) is 5. The summed E-state index contributed by atoms with van der Waals surface area (Å²) in [5.41, 5.74) is 0.546. The van der Waals surface area contributed by atoms with Crippen LogP contribution >= 0.6 is 59.1 Å². The number of rotatable bonds is 5. The summed E-state index contributed by atoms with van der Waals surface area (Å²) in [6, 6.07) is 4.09. The van der Waals surface area contributed by atoms with Crippen LogP contribution in [0.15, 0.2) is 17.5 Å². The van der Waals surface area contributed by atoms with E-state index in [0.29, 0.717) is 5.69 Å². The van der Waals surface area contributed by atoms with Crippen LogP contribution in [0.1, 0.15) is 30.3 Å². The van der Waals surface area contributed by atoms with E-state index in [1.807, 2.05) is 22.4 Å². The van der Waals surface area contributed by atoms with Gasteiger partial charge in [-0.05, 0) is 31.5 Å². The van der Waals surface area contributed by atoms with Crippen LogP contribution < -0.4 is 5.32 Å². The quantitative estimate of drug-likeness (QED) is 0.758. The van der Waals surface area contributed by atoms with E-state index in [4.69, 9.17) is 11.6 Å². The van der Waals surface area contributed by atoms with E-state index in [1.54, 1.807) is 0 Å². The highest BCUT2D eigenvalue weighted by molar-refractivity contribution is 7.23. The minimum absolute atomic E-state index is 0. The Kier molecular flexibility index (Phi) is 8.98. The Morgan fingerprint density at radius 1 is 1.46 bits per heavy atom. The summed E-state index contributed by atoms with van der Waals surface area (Å²) in [6.45, 7) is 4.74. The Bertz CT molecular complexity index is 656. The lowest BCUT2D eigenvalue weighted by Gasteiger charge is -2.27. The van der Waals surface area contributed by atoms with E-state index in [0.717, 1.165) is 46.7 Å². The van der Waals surface area contributed by atoms with Crippen LogP contribution in [0.2, 0.25) is 4.34 Å². The molecule has 3 rings (SSSR count). The van der Waals surface area contributed by atoms with E-state index < -0.39 is 0 Å². The van der Waals surface area contributed by atoms with Crippen LogP contribution in [0.5, 0.6) is 0 Å². The Morgan fingerprint density at radius 3 is 2.83 bits per heavy atom. The second kappa shape index (κ2) is 9.94. The molecule has 1 N–H and O–H groups in total. The van der Waals surface area contributed by atoms with Crippen molar-refractivity contribution in [1.29, 1.82) is 0 Å². The van der Waals surface area contributed by atoms with E-state index >= 15 is 0 Å². The SMILES string of the molecule is CCCN(C(=O)c1csc(-c2ccc(Cl)s2)n1)C1CCNC1.Cl.Cl. The number of nitrogens with zero attached hydrogens (tertiary/aromatic N) is 2. The molecular formula is C15H20Cl3N3OS2. The maximum Gasteiger partial charge on any atom is 0.273 e. The highest BCUT2D eigenvalue weighted by atomic mass is 35.5. The minimum atomic E-state index is 0. The van der Waals surface area contributed by atoms with Crippen LogP contribution in [0, 0.1) is 0 Å².